The predicted molar refractivity (Wildman–Crippen MR) is 99.7 cm³/mol. The van der Waals surface area contributed by atoms with Gasteiger partial charge in [-0.1, -0.05) is 30.3 Å². The number of hydrogen-bond acceptors (Lipinski definition) is 4. The van der Waals surface area contributed by atoms with Crippen LogP contribution in [0.1, 0.15) is 35.7 Å². The molecule has 4 heteroatoms. The number of rotatable bonds is 5. The highest BCUT2D eigenvalue weighted by Crippen LogP contribution is 2.35. The lowest BCUT2D eigenvalue weighted by Crippen LogP contribution is -2.24. The van der Waals surface area contributed by atoms with Gasteiger partial charge in [0.1, 0.15) is 16.5 Å². The van der Waals surface area contributed by atoms with E-state index in [4.69, 9.17) is 9.97 Å². The van der Waals surface area contributed by atoms with Gasteiger partial charge < -0.3 is 4.90 Å². The van der Waals surface area contributed by atoms with Crippen molar-refractivity contribution in [3.8, 4) is 0 Å². The van der Waals surface area contributed by atoms with E-state index in [9.17, 15) is 0 Å². The van der Waals surface area contributed by atoms with Gasteiger partial charge in [0, 0.05) is 24.4 Å². The third kappa shape index (κ3) is 3.08. The van der Waals surface area contributed by atoms with Crippen LogP contribution < -0.4 is 4.90 Å². The minimum atomic E-state index is 0.779. The smallest absolute Gasteiger partial charge is 0.141 e. The Bertz CT molecular complexity index is 804. The van der Waals surface area contributed by atoms with Crippen LogP contribution in [-0.4, -0.2) is 23.1 Å². The van der Waals surface area contributed by atoms with Gasteiger partial charge in [0.05, 0.1) is 5.39 Å². The van der Waals surface area contributed by atoms with Crippen molar-refractivity contribution in [1.29, 1.82) is 0 Å². The molecule has 23 heavy (non-hydrogen) atoms. The van der Waals surface area contributed by atoms with Crippen LogP contribution in [0.5, 0.6) is 0 Å². The molecule has 120 valence electrons. The molecule has 0 amide bonds. The Morgan fingerprint density at radius 1 is 1.00 bits per heavy atom. The summed E-state index contributed by atoms with van der Waals surface area (Å²) >= 11 is 1.78. The van der Waals surface area contributed by atoms with Gasteiger partial charge in [-0.3, -0.25) is 0 Å². The second-order valence-corrected chi connectivity index (χ2v) is 6.96. The molecule has 0 saturated heterocycles. The van der Waals surface area contributed by atoms with Crippen molar-refractivity contribution in [2.75, 3.05) is 18.0 Å². The maximum Gasteiger partial charge on any atom is 0.141 e. The highest BCUT2D eigenvalue weighted by Gasteiger charge is 2.17. The molecule has 3 aromatic rings. The summed E-state index contributed by atoms with van der Waals surface area (Å²) in [7, 11) is 0. The third-order valence-electron chi connectivity index (χ3n) is 4.32. The molecule has 2 heterocycles. The summed E-state index contributed by atoms with van der Waals surface area (Å²) in [4.78, 5) is 14.6. The molecule has 3 rings (SSSR count). The zero-order chi connectivity index (χ0) is 16.4. The lowest BCUT2D eigenvalue weighted by Gasteiger charge is -2.21. The average Bonchev–Trinajstić information content (AvgIpc) is 2.84. The largest absolute Gasteiger partial charge is 0.357 e. The number of hydrogen-bond donors (Lipinski definition) is 0. The highest BCUT2D eigenvalue weighted by molar-refractivity contribution is 7.18. The SMILES string of the molecule is CCN(CC)c1nc(Cc2ccccc2)nc2sc(C)c(C)c12. The van der Waals surface area contributed by atoms with Crippen molar-refractivity contribution in [3.63, 3.8) is 0 Å². The van der Waals surface area contributed by atoms with E-state index in [0.717, 1.165) is 36.0 Å². The topological polar surface area (TPSA) is 29.0 Å². The molecule has 3 nitrogen and oxygen atoms in total. The molecule has 0 aliphatic carbocycles. The first-order chi connectivity index (χ1) is 11.1. The Kier molecular flexibility index (Phi) is 4.62. The summed E-state index contributed by atoms with van der Waals surface area (Å²) in [5.41, 5.74) is 2.57. The zero-order valence-electron chi connectivity index (χ0n) is 14.3. The van der Waals surface area contributed by atoms with Crippen molar-refractivity contribution in [1.82, 2.24) is 9.97 Å². The summed E-state index contributed by atoms with van der Waals surface area (Å²) in [5, 5.41) is 1.23. The molecule has 0 bridgehead atoms. The number of thiophene rings is 1. The molecule has 0 fully saturated rings. The fraction of sp³-hybridized carbons (Fsp3) is 0.368. The van der Waals surface area contributed by atoms with Gasteiger partial charge in [0.15, 0.2) is 0 Å². The quantitative estimate of drug-likeness (QED) is 0.678. The monoisotopic (exact) mass is 325 g/mol. The van der Waals surface area contributed by atoms with Crippen LogP contribution in [0.2, 0.25) is 0 Å². The Morgan fingerprint density at radius 3 is 2.35 bits per heavy atom. The number of anilines is 1. The Labute approximate surface area is 142 Å². The molecule has 0 aliphatic heterocycles. The maximum atomic E-state index is 4.93. The van der Waals surface area contributed by atoms with E-state index in [1.807, 2.05) is 6.07 Å². The molecule has 0 aliphatic rings. The van der Waals surface area contributed by atoms with Crippen molar-refractivity contribution < 1.29 is 0 Å². The second-order valence-electron chi connectivity index (χ2n) is 5.76. The van der Waals surface area contributed by atoms with E-state index < -0.39 is 0 Å². The average molecular weight is 325 g/mol. The summed E-state index contributed by atoms with van der Waals surface area (Å²) in [6.07, 6.45) is 0.779. The van der Waals surface area contributed by atoms with Crippen molar-refractivity contribution >= 4 is 27.4 Å². The molecular weight excluding hydrogens is 302 g/mol. The summed E-state index contributed by atoms with van der Waals surface area (Å²) in [6.45, 7) is 10.6. The van der Waals surface area contributed by atoms with Gasteiger partial charge in [-0.15, -0.1) is 11.3 Å². The fourth-order valence-corrected chi connectivity index (χ4v) is 3.92. The van der Waals surface area contributed by atoms with E-state index in [-0.39, 0.29) is 0 Å². The summed E-state index contributed by atoms with van der Waals surface area (Å²) in [6, 6.07) is 10.4. The molecule has 0 radical (unpaired) electrons. The molecule has 0 N–H and O–H groups in total. The van der Waals surface area contributed by atoms with Gasteiger partial charge in [-0.05, 0) is 38.8 Å². The highest BCUT2D eigenvalue weighted by atomic mass is 32.1. The maximum absolute atomic E-state index is 4.93. The van der Waals surface area contributed by atoms with Gasteiger partial charge in [0.25, 0.3) is 0 Å². The summed E-state index contributed by atoms with van der Waals surface area (Å²) in [5.74, 6) is 2.00. The second kappa shape index (κ2) is 6.67. The lowest BCUT2D eigenvalue weighted by molar-refractivity contribution is 0.837. The molecule has 0 spiro atoms. The number of benzene rings is 1. The molecular formula is C19H23N3S. The zero-order valence-corrected chi connectivity index (χ0v) is 15.1. The molecule has 2 aromatic heterocycles. The van der Waals surface area contributed by atoms with Crippen LogP contribution in [0.15, 0.2) is 30.3 Å². The van der Waals surface area contributed by atoms with E-state index in [1.165, 1.54) is 21.4 Å². The van der Waals surface area contributed by atoms with Crippen molar-refractivity contribution in [2.24, 2.45) is 0 Å². The molecule has 1 aromatic carbocycles. The number of aryl methyl sites for hydroxylation is 2. The first-order valence-corrected chi connectivity index (χ1v) is 9.01. The van der Waals surface area contributed by atoms with Crippen LogP contribution >= 0.6 is 11.3 Å². The van der Waals surface area contributed by atoms with Gasteiger partial charge in [-0.25, -0.2) is 9.97 Å². The Morgan fingerprint density at radius 2 is 1.70 bits per heavy atom. The van der Waals surface area contributed by atoms with Gasteiger partial charge >= 0.3 is 0 Å². The minimum absolute atomic E-state index is 0.779. The molecule has 0 atom stereocenters. The number of aromatic nitrogens is 2. The number of nitrogens with zero attached hydrogens (tertiary/aromatic N) is 3. The number of fused-ring (bicyclic) bond motifs is 1. The van der Waals surface area contributed by atoms with Gasteiger partial charge in [0.2, 0.25) is 0 Å². The Balaban J connectivity index is 2.13. The minimum Gasteiger partial charge on any atom is -0.357 e. The molecule has 0 saturated carbocycles. The summed E-state index contributed by atoms with van der Waals surface area (Å²) < 4.78 is 0. The lowest BCUT2D eigenvalue weighted by atomic mass is 10.1. The van der Waals surface area contributed by atoms with E-state index in [0.29, 0.717) is 0 Å². The standard InChI is InChI=1S/C19H23N3S/c1-5-22(6-2)18-17-13(3)14(4)23-19(17)21-16(20-18)12-15-10-8-7-9-11-15/h7-11H,5-6,12H2,1-4H3. The third-order valence-corrected chi connectivity index (χ3v) is 5.43. The van der Waals surface area contributed by atoms with E-state index in [2.05, 4.69) is 56.9 Å². The van der Waals surface area contributed by atoms with Crippen LogP contribution in [-0.2, 0) is 6.42 Å². The van der Waals surface area contributed by atoms with Crippen LogP contribution in [0.4, 0.5) is 5.82 Å². The van der Waals surface area contributed by atoms with E-state index >= 15 is 0 Å². The first kappa shape index (κ1) is 15.9. The van der Waals surface area contributed by atoms with E-state index in [1.54, 1.807) is 11.3 Å². The fourth-order valence-electron chi connectivity index (χ4n) is 2.88. The molecule has 0 unspecified atom stereocenters. The van der Waals surface area contributed by atoms with Crippen molar-refractivity contribution in [3.05, 3.63) is 52.2 Å². The van der Waals surface area contributed by atoms with Crippen LogP contribution in [0.3, 0.4) is 0 Å². The normalized spacial score (nSPS) is 11.1. The first-order valence-electron chi connectivity index (χ1n) is 8.19. The van der Waals surface area contributed by atoms with Gasteiger partial charge in [-0.2, -0.15) is 0 Å². The van der Waals surface area contributed by atoms with Crippen molar-refractivity contribution in [2.45, 2.75) is 34.1 Å². The predicted octanol–water partition coefficient (Wildman–Crippen LogP) is 4.75. The van der Waals surface area contributed by atoms with Crippen LogP contribution in [0.25, 0.3) is 10.2 Å². The van der Waals surface area contributed by atoms with Crippen LogP contribution in [0, 0.1) is 13.8 Å². The Hall–Kier alpha value is -1.94.